The number of pyridine rings is 1. The molecule has 0 radical (unpaired) electrons. The molecule has 0 amide bonds. The van der Waals surface area contributed by atoms with E-state index in [9.17, 15) is 19.7 Å². The number of H-pyrrole nitrogens is 1. The molecule has 0 fully saturated rings. The number of aromatic amines is 1. The number of carboxylic acids is 1. The highest BCUT2D eigenvalue weighted by molar-refractivity contribution is 5.89. The van der Waals surface area contributed by atoms with Crippen LogP contribution in [0.4, 0.5) is 5.69 Å². The smallest absolute Gasteiger partial charge is 0.341 e. The normalized spacial score (nSPS) is 9.79. The van der Waals surface area contributed by atoms with Crippen LogP contribution >= 0.6 is 0 Å². The van der Waals surface area contributed by atoms with Gasteiger partial charge >= 0.3 is 5.97 Å². The average Bonchev–Trinajstić information content (AvgIpc) is 2.02. The monoisotopic (exact) mass is 198 g/mol. The lowest BCUT2D eigenvalue weighted by atomic mass is 10.1. The molecule has 0 spiro atoms. The molecule has 0 atom stereocenters. The van der Waals surface area contributed by atoms with E-state index < -0.39 is 27.7 Å². The lowest BCUT2D eigenvalue weighted by molar-refractivity contribution is -0.385. The van der Waals surface area contributed by atoms with Crippen LogP contribution in [0.3, 0.4) is 0 Å². The van der Waals surface area contributed by atoms with Crippen molar-refractivity contribution in [2.45, 2.75) is 6.92 Å². The van der Waals surface area contributed by atoms with Gasteiger partial charge in [0.1, 0.15) is 5.56 Å². The van der Waals surface area contributed by atoms with E-state index in [-0.39, 0.29) is 5.56 Å². The predicted molar refractivity (Wildman–Crippen MR) is 45.4 cm³/mol. The lowest BCUT2D eigenvalue weighted by Gasteiger charge is -1.99. The van der Waals surface area contributed by atoms with E-state index in [1.165, 1.54) is 6.92 Å². The van der Waals surface area contributed by atoms with E-state index in [2.05, 4.69) is 0 Å². The Labute approximate surface area is 77.2 Å². The molecule has 74 valence electrons. The van der Waals surface area contributed by atoms with Gasteiger partial charge in [-0.15, -0.1) is 0 Å². The minimum atomic E-state index is -1.48. The van der Waals surface area contributed by atoms with Crippen LogP contribution in [0.5, 0.6) is 0 Å². The highest BCUT2D eigenvalue weighted by Crippen LogP contribution is 2.16. The first-order valence-corrected chi connectivity index (χ1v) is 3.55. The van der Waals surface area contributed by atoms with Gasteiger partial charge in [0.25, 0.3) is 11.2 Å². The van der Waals surface area contributed by atoms with Crippen molar-refractivity contribution in [3.63, 3.8) is 0 Å². The van der Waals surface area contributed by atoms with E-state index in [4.69, 9.17) is 5.11 Å². The number of carboxylic acid groups (broad SMARTS) is 1. The molecular formula is C7H6N2O5. The molecule has 14 heavy (non-hydrogen) atoms. The van der Waals surface area contributed by atoms with Crippen LogP contribution < -0.4 is 5.56 Å². The standard InChI is InChI=1S/C7H6N2O5/c1-3-4(9(13)14)2-8-6(10)5(3)7(11)12/h2H,1H3,(H,8,10)(H,11,12). The largest absolute Gasteiger partial charge is 0.477 e. The third-order valence-electron chi connectivity index (χ3n) is 1.74. The molecule has 2 N–H and O–H groups in total. The Balaban J connectivity index is 3.57. The molecule has 0 bridgehead atoms. The van der Waals surface area contributed by atoms with E-state index in [0.29, 0.717) is 0 Å². The maximum absolute atomic E-state index is 11.0. The summed E-state index contributed by atoms with van der Waals surface area (Å²) in [5.41, 5.74) is -2.01. The first-order chi connectivity index (χ1) is 6.45. The number of hydrogen-bond acceptors (Lipinski definition) is 4. The summed E-state index contributed by atoms with van der Waals surface area (Å²) in [5.74, 6) is -1.48. The third-order valence-corrected chi connectivity index (χ3v) is 1.74. The zero-order valence-corrected chi connectivity index (χ0v) is 7.10. The molecule has 0 saturated carbocycles. The van der Waals surface area contributed by atoms with Gasteiger partial charge in [-0.1, -0.05) is 0 Å². The molecule has 7 nitrogen and oxygen atoms in total. The van der Waals surface area contributed by atoms with Crippen molar-refractivity contribution in [2.75, 3.05) is 0 Å². The molecule has 1 aromatic heterocycles. The van der Waals surface area contributed by atoms with Gasteiger partial charge in [0.2, 0.25) is 0 Å². The summed E-state index contributed by atoms with van der Waals surface area (Å²) in [6.07, 6.45) is 0.879. The maximum Gasteiger partial charge on any atom is 0.341 e. The maximum atomic E-state index is 11.0. The van der Waals surface area contributed by atoms with Crippen LogP contribution in [0.2, 0.25) is 0 Å². The summed E-state index contributed by atoms with van der Waals surface area (Å²) in [5, 5.41) is 19.0. The minimum absolute atomic E-state index is 0.147. The van der Waals surface area contributed by atoms with E-state index >= 15 is 0 Å². The number of carbonyl (C=O) groups is 1. The molecule has 0 saturated heterocycles. The summed E-state index contributed by atoms with van der Waals surface area (Å²) >= 11 is 0. The summed E-state index contributed by atoms with van der Waals surface area (Å²) in [4.78, 5) is 33.2. The van der Waals surface area contributed by atoms with Gasteiger partial charge in [0.05, 0.1) is 11.1 Å². The van der Waals surface area contributed by atoms with Crippen molar-refractivity contribution in [3.8, 4) is 0 Å². The number of nitrogens with one attached hydrogen (secondary N) is 1. The molecule has 1 heterocycles. The number of rotatable bonds is 2. The molecule has 1 rings (SSSR count). The average molecular weight is 198 g/mol. The second-order valence-electron chi connectivity index (χ2n) is 2.57. The van der Waals surface area contributed by atoms with Crippen LogP contribution in [-0.2, 0) is 0 Å². The molecular weight excluding hydrogens is 192 g/mol. The Morgan fingerprint density at radius 2 is 2.21 bits per heavy atom. The van der Waals surface area contributed by atoms with Crippen LogP contribution in [0.25, 0.3) is 0 Å². The van der Waals surface area contributed by atoms with Gasteiger partial charge in [0, 0.05) is 5.56 Å². The Morgan fingerprint density at radius 3 is 2.64 bits per heavy atom. The number of hydrogen-bond donors (Lipinski definition) is 2. The fourth-order valence-electron chi connectivity index (χ4n) is 1.06. The summed E-state index contributed by atoms with van der Waals surface area (Å²) in [6.45, 7) is 1.22. The van der Waals surface area contributed by atoms with E-state index in [0.717, 1.165) is 6.20 Å². The molecule has 7 heteroatoms. The van der Waals surface area contributed by atoms with Gasteiger partial charge in [-0.3, -0.25) is 14.9 Å². The van der Waals surface area contributed by atoms with Crippen molar-refractivity contribution in [2.24, 2.45) is 0 Å². The van der Waals surface area contributed by atoms with Crippen LogP contribution in [0, 0.1) is 17.0 Å². The summed E-state index contributed by atoms with van der Waals surface area (Å²) in [6, 6.07) is 0. The fraction of sp³-hybridized carbons (Fsp3) is 0.143. The molecule has 0 unspecified atom stereocenters. The SMILES string of the molecule is Cc1c([N+](=O)[O-])c[nH]c(=O)c1C(=O)O. The topological polar surface area (TPSA) is 113 Å². The number of nitro groups is 1. The summed E-state index contributed by atoms with van der Waals surface area (Å²) < 4.78 is 0. The lowest BCUT2D eigenvalue weighted by Crippen LogP contribution is -2.19. The van der Waals surface area contributed by atoms with Crippen molar-refractivity contribution in [1.82, 2.24) is 4.98 Å². The Bertz CT molecular complexity index is 462. The van der Waals surface area contributed by atoms with E-state index in [1.54, 1.807) is 0 Å². The predicted octanol–water partition coefficient (Wildman–Crippen LogP) is 0.290. The van der Waals surface area contributed by atoms with Crippen molar-refractivity contribution < 1.29 is 14.8 Å². The van der Waals surface area contributed by atoms with Crippen molar-refractivity contribution >= 4 is 11.7 Å². The van der Waals surface area contributed by atoms with Gasteiger partial charge in [0.15, 0.2) is 0 Å². The minimum Gasteiger partial charge on any atom is -0.477 e. The van der Waals surface area contributed by atoms with Crippen LogP contribution in [0.15, 0.2) is 11.0 Å². The third kappa shape index (κ3) is 1.47. The Morgan fingerprint density at radius 1 is 1.64 bits per heavy atom. The first kappa shape index (κ1) is 9.90. The zero-order valence-electron chi connectivity index (χ0n) is 7.10. The fourth-order valence-corrected chi connectivity index (χ4v) is 1.06. The molecule has 0 aromatic carbocycles. The molecule has 1 aromatic rings. The molecule has 0 aliphatic heterocycles. The van der Waals surface area contributed by atoms with Gasteiger partial charge in [-0.25, -0.2) is 4.79 Å². The number of aromatic carboxylic acids is 1. The molecule has 0 aliphatic rings. The van der Waals surface area contributed by atoms with Gasteiger partial charge in [-0.2, -0.15) is 0 Å². The van der Waals surface area contributed by atoms with Gasteiger partial charge in [-0.05, 0) is 6.92 Å². The number of nitrogens with zero attached hydrogens (tertiary/aromatic N) is 1. The zero-order chi connectivity index (χ0) is 10.9. The second kappa shape index (κ2) is 3.29. The van der Waals surface area contributed by atoms with Crippen LogP contribution in [-0.4, -0.2) is 21.0 Å². The van der Waals surface area contributed by atoms with E-state index in [1.807, 2.05) is 4.98 Å². The second-order valence-corrected chi connectivity index (χ2v) is 2.57. The summed E-state index contributed by atoms with van der Waals surface area (Å²) in [7, 11) is 0. The highest BCUT2D eigenvalue weighted by Gasteiger charge is 2.21. The first-order valence-electron chi connectivity index (χ1n) is 3.55. The number of aromatic nitrogens is 1. The van der Waals surface area contributed by atoms with Gasteiger partial charge < -0.3 is 10.1 Å². The Hall–Kier alpha value is -2.18. The Kier molecular flexibility index (Phi) is 2.32. The quantitative estimate of drug-likeness (QED) is 0.523. The van der Waals surface area contributed by atoms with Crippen LogP contribution in [0.1, 0.15) is 15.9 Å². The van der Waals surface area contributed by atoms with Crippen molar-refractivity contribution in [3.05, 3.63) is 37.8 Å². The highest BCUT2D eigenvalue weighted by atomic mass is 16.6. The van der Waals surface area contributed by atoms with Crippen molar-refractivity contribution in [1.29, 1.82) is 0 Å². The molecule has 0 aliphatic carbocycles.